The molecule has 0 aliphatic heterocycles. The van der Waals surface area contributed by atoms with Gasteiger partial charge in [0, 0.05) is 12.7 Å². The number of nitrogens with two attached hydrogens (primary N) is 1. The Morgan fingerprint density at radius 1 is 1.48 bits per heavy atom. The van der Waals surface area contributed by atoms with Crippen LogP contribution in [0.25, 0.3) is 0 Å². The first kappa shape index (κ1) is 15.6. The van der Waals surface area contributed by atoms with E-state index in [9.17, 15) is 12.8 Å². The van der Waals surface area contributed by atoms with Crippen molar-refractivity contribution >= 4 is 33.1 Å². The Bertz CT molecular complexity index is 761. The molecule has 3 N–H and O–H groups in total. The molecule has 2 aromatic rings. The van der Waals surface area contributed by atoms with Gasteiger partial charge in [0.1, 0.15) is 10.7 Å². The fourth-order valence-corrected chi connectivity index (χ4v) is 3.04. The summed E-state index contributed by atoms with van der Waals surface area (Å²) in [5.74, 6) is -0.723. The molecule has 0 amide bonds. The largest absolute Gasteiger partial charge is 0.381 e. The van der Waals surface area contributed by atoms with Crippen LogP contribution in [0.4, 0.5) is 15.9 Å². The van der Waals surface area contributed by atoms with E-state index in [-0.39, 0.29) is 21.4 Å². The molecule has 0 saturated carbocycles. The first-order valence-corrected chi connectivity index (χ1v) is 8.00. The number of rotatable bonds is 5. The number of nitrogens with one attached hydrogen (secondary N) is 1. The summed E-state index contributed by atoms with van der Waals surface area (Å²) in [5.41, 5.74) is 5.77. The summed E-state index contributed by atoms with van der Waals surface area (Å²) in [6.45, 7) is 2.49. The molecule has 1 heterocycles. The predicted octanol–water partition coefficient (Wildman–Crippen LogP) is 2.47. The van der Waals surface area contributed by atoms with Gasteiger partial charge in [0.15, 0.2) is 5.82 Å². The van der Waals surface area contributed by atoms with E-state index < -0.39 is 15.8 Å². The number of nitrogens with zero attached hydrogens (tertiary/aromatic N) is 2. The lowest BCUT2D eigenvalue weighted by Crippen LogP contribution is -2.14. The molecule has 6 nitrogen and oxygen atoms in total. The molecule has 1 aromatic heterocycles. The van der Waals surface area contributed by atoms with Gasteiger partial charge in [-0.2, -0.15) is 5.10 Å². The van der Waals surface area contributed by atoms with Crippen LogP contribution in [0.3, 0.4) is 0 Å². The zero-order valence-electron chi connectivity index (χ0n) is 11.2. The molecular weight excluding hydrogens is 319 g/mol. The monoisotopic (exact) mass is 332 g/mol. The molecule has 0 unspecified atom stereocenters. The second-order valence-corrected chi connectivity index (χ2v) is 6.43. The first-order chi connectivity index (χ1) is 9.83. The van der Waals surface area contributed by atoms with Crippen LogP contribution in [0.1, 0.15) is 13.3 Å². The van der Waals surface area contributed by atoms with E-state index in [1.807, 2.05) is 6.92 Å². The van der Waals surface area contributed by atoms with Crippen LogP contribution in [-0.2, 0) is 16.6 Å². The Morgan fingerprint density at radius 2 is 2.19 bits per heavy atom. The van der Waals surface area contributed by atoms with Gasteiger partial charge >= 0.3 is 0 Å². The lowest BCUT2D eigenvalue weighted by atomic mass is 10.3. The number of aryl methyl sites for hydroxylation is 1. The SMILES string of the molecule is CCCn1cc(S(=O)(=O)Nc2ccc(F)c(Cl)c2)c(N)n1. The number of aromatic nitrogens is 2. The van der Waals surface area contributed by atoms with Gasteiger partial charge in [-0.05, 0) is 24.6 Å². The van der Waals surface area contributed by atoms with Crippen molar-refractivity contribution in [3.63, 3.8) is 0 Å². The number of benzene rings is 1. The minimum atomic E-state index is -3.91. The third kappa shape index (κ3) is 3.45. The molecule has 0 bridgehead atoms. The van der Waals surface area contributed by atoms with E-state index in [1.165, 1.54) is 23.0 Å². The number of sulfonamides is 1. The summed E-state index contributed by atoms with van der Waals surface area (Å²) in [5, 5.41) is 3.75. The maximum atomic E-state index is 13.1. The van der Waals surface area contributed by atoms with Crippen molar-refractivity contribution in [3.05, 3.63) is 35.2 Å². The van der Waals surface area contributed by atoms with Crippen LogP contribution >= 0.6 is 11.6 Å². The molecule has 1 aromatic carbocycles. The fourth-order valence-electron chi connectivity index (χ4n) is 1.74. The molecule has 0 aliphatic carbocycles. The number of halogens is 2. The maximum Gasteiger partial charge on any atom is 0.267 e. The van der Waals surface area contributed by atoms with Crippen LogP contribution < -0.4 is 10.5 Å². The molecule has 0 aliphatic rings. The van der Waals surface area contributed by atoms with Crippen LogP contribution in [0.2, 0.25) is 5.02 Å². The molecule has 0 saturated heterocycles. The van der Waals surface area contributed by atoms with E-state index in [2.05, 4.69) is 9.82 Å². The highest BCUT2D eigenvalue weighted by Gasteiger charge is 2.21. The van der Waals surface area contributed by atoms with E-state index in [0.717, 1.165) is 12.5 Å². The Balaban J connectivity index is 2.31. The average Bonchev–Trinajstić information content (AvgIpc) is 2.76. The number of anilines is 2. The summed E-state index contributed by atoms with van der Waals surface area (Å²) in [6.07, 6.45) is 2.15. The Hall–Kier alpha value is -1.80. The Kier molecular flexibility index (Phi) is 4.38. The van der Waals surface area contributed by atoms with Gasteiger partial charge in [-0.3, -0.25) is 9.40 Å². The van der Waals surface area contributed by atoms with Crippen LogP contribution in [-0.4, -0.2) is 18.2 Å². The first-order valence-electron chi connectivity index (χ1n) is 6.14. The molecule has 0 atom stereocenters. The van der Waals surface area contributed by atoms with Crippen molar-refractivity contribution in [1.29, 1.82) is 0 Å². The summed E-state index contributed by atoms with van der Waals surface area (Å²) >= 11 is 5.61. The van der Waals surface area contributed by atoms with Gasteiger partial charge in [-0.1, -0.05) is 18.5 Å². The summed E-state index contributed by atoms with van der Waals surface area (Å²) < 4.78 is 41.3. The minimum Gasteiger partial charge on any atom is -0.381 e. The normalized spacial score (nSPS) is 11.6. The van der Waals surface area contributed by atoms with E-state index in [0.29, 0.717) is 6.54 Å². The number of hydrogen-bond acceptors (Lipinski definition) is 4. The number of nitrogen functional groups attached to an aromatic ring is 1. The van der Waals surface area contributed by atoms with Crippen LogP contribution in [0.15, 0.2) is 29.3 Å². The van der Waals surface area contributed by atoms with Crippen LogP contribution in [0, 0.1) is 5.82 Å². The topological polar surface area (TPSA) is 90.0 Å². The third-order valence-corrected chi connectivity index (χ3v) is 4.36. The van der Waals surface area contributed by atoms with Gasteiger partial charge in [0.2, 0.25) is 0 Å². The molecule has 2 rings (SSSR count). The van der Waals surface area contributed by atoms with Crippen molar-refractivity contribution in [1.82, 2.24) is 9.78 Å². The highest BCUT2D eigenvalue weighted by atomic mass is 35.5. The molecule has 9 heteroatoms. The smallest absolute Gasteiger partial charge is 0.267 e. The molecule has 114 valence electrons. The molecular formula is C12H14ClFN4O2S. The molecule has 0 spiro atoms. The summed E-state index contributed by atoms with van der Waals surface area (Å²) in [6, 6.07) is 3.52. The van der Waals surface area contributed by atoms with Crippen molar-refractivity contribution in [2.45, 2.75) is 24.8 Å². The summed E-state index contributed by atoms with van der Waals surface area (Å²) in [7, 11) is -3.91. The van der Waals surface area contributed by atoms with Gasteiger partial charge in [0.05, 0.1) is 10.7 Å². The van der Waals surface area contributed by atoms with Crippen molar-refractivity contribution in [2.24, 2.45) is 0 Å². The maximum absolute atomic E-state index is 13.1. The summed E-state index contributed by atoms with van der Waals surface area (Å²) in [4.78, 5) is -0.128. The lowest BCUT2D eigenvalue weighted by molar-refractivity contribution is 0.595. The van der Waals surface area contributed by atoms with E-state index in [1.54, 1.807) is 0 Å². The zero-order valence-corrected chi connectivity index (χ0v) is 12.7. The molecule has 21 heavy (non-hydrogen) atoms. The standard InChI is InChI=1S/C12H14ClFN4O2S/c1-2-5-18-7-11(12(15)16-18)21(19,20)17-8-3-4-10(14)9(13)6-8/h3-4,6-7,17H,2,5H2,1H3,(H2,15,16). The predicted molar refractivity (Wildman–Crippen MR) is 79.1 cm³/mol. The highest BCUT2D eigenvalue weighted by molar-refractivity contribution is 7.92. The average molecular weight is 333 g/mol. The second kappa shape index (κ2) is 5.90. The third-order valence-electron chi connectivity index (χ3n) is 2.67. The van der Waals surface area contributed by atoms with Gasteiger partial charge in [-0.15, -0.1) is 0 Å². The van der Waals surface area contributed by atoms with Crippen molar-refractivity contribution in [3.8, 4) is 0 Å². The molecule has 0 radical (unpaired) electrons. The zero-order chi connectivity index (χ0) is 15.6. The minimum absolute atomic E-state index is 0.0934. The van der Waals surface area contributed by atoms with Gasteiger partial charge in [-0.25, -0.2) is 12.8 Å². The lowest BCUT2D eigenvalue weighted by Gasteiger charge is -2.07. The second-order valence-electron chi connectivity index (χ2n) is 4.38. The van der Waals surface area contributed by atoms with E-state index >= 15 is 0 Å². The van der Waals surface area contributed by atoms with E-state index in [4.69, 9.17) is 17.3 Å². The quantitative estimate of drug-likeness (QED) is 0.880. The highest BCUT2D eigenvalue weighted by Crippen LogP contribution is 2.24. The van der Waals surface area contributed by atoms with Crippen molar-refractivity contribution < 1.29 is 12.8 Å². The van der Waals surface area contributed by atoms with Gasteiger partial charge in [0.25, 0.3) is 10.0 Å². The molecule has 0 fully saturated rings. The Morgan fingerprint density at radius 3 is 2.81 bits per heavy atom. The van der Waals surface area contributed by atoms with Crippen molar-refractivity contribution in [2.75, 3.05) is 10.5 Å². The Labute approximate surface area is 126 Å². The fraction of sp³-hybridized carbons (Fsp3) is 0.250. The van der Waals surface area contributed by atoms with Gasteiger partial charge < -0.3 is 5.73 Å². The number of hydrogen-bond donors (Lipinski definition) is 2. The van der Waals surface area contributed by atoms with Crippen LogP contribution in [0.5, 0.6) is 0 Å².